The molecule has 0 bridgehead atoms. The van der Waals surface area contributed by atoms with Gasteiger partial charge in [0.1, 0.15) is 5.01 Å². The van der Waals surface area contributed by atoms with Gasteiger partial charge in [0.05, 0.1) is 5.02 Å². The van der Waals surface area contributed by atoms with E-state index in [-0.39, 0.29) is 0 Å². The van der Waals surface area contributed by atoms with Gasteiger partial charge in [-0.05, 0) is 18.2 Å². The van der Waals surface area contributed by atoms with E-state index in [2.05, 4.69) is 4.98 Å². The van der Waals surface area contributed by atoms with E-state index in [0.29, 0.717) is 16.6 Å². The topological polar surface area (TPSA) is 38.9 Å². The van der Waals surface area contributed by atoms with Crippen molar-refractivity contribution < 1.29 is 0 Å². The maximum atomic E-state index is 6.07. The largest absolute Gasteiger partial charge is 0.326 e. The van der Waals surface area contributed by atoms with E-state index in [1.807, 2.05) is 6.07 Å². The van der Waals surface area contributed by atoms with Crippen LogP contribution in [0.5, 0.6) is 0 Å². The van der Waals surface area contributed by atoms with Crippen LogP contribution in [0.15, 0.2) is 24.4 Å². The van der Waals surface area contributed by atoms with Crippen LogP contribution >= 0.6 is 34.5 Å². The second-order valence-corrected chi connectivity index (χ2v) is 4.92. The van der Waals surface area contributed by atoms with Crippen molar-refractivity contribution in [3.8, 4) is 10.6 Å². The lowest BCUT2D eigenvalue weighted by molar-refractivity contribution is 1.10. The summed E-state index contributed by atoms with van der Waals surface area (Å²) in [6, 6.07) is 5.37. The molecule has 0 fully saturated rings. The lowest BCUT2D eigenvalue weighted by Crippen LogP contribution is -1.91. The number of rotatable bonds is 2. The third kappa shape index (κ3) is 2.32. The zero-order chi connectivity index (χ0) is 10.8. The number of hydrogen-bond donors (Lipinski definition) is 1. The molecule has 0 atom stereocenters. The van der Waals surface area contributed by atoms with Crippen molar-refractivity contribution in [3.05, 3.63) is 39.3 Å². The summed E-state index contributed by atoms with van der Waals surface area (Å²) in [5.41, 5.74) is 6.41. The molecule has 0 amide bonds. The highest BCUT2D eigenvalue weighted by Crippen LogP contribution is 2.32. The summed E-state index contributed by atoms with van der Waals surface area (Å²) >= 11 is 13.4. The molecule has 2 aromatic rings. The molecule has 0 aliphatic carbocycles. The van der Waals surface area contributed by atoms with Crippen molar-refractivity contribution in [3.63, 3.8) is 0 Å². The van der Waals surface area contributed by atoms with E-state index < -0.39 is 0 Å². The molecule has 2 rings (SSSR count). The standard InChI is InChI=1S/C10H8Cl2N2S/c11-6-1-2-8(9(12)3-6)10-14-5-7(4-13)15-10/h1-3,5H,4,13H2. The Bertz CT molecular complexity index is 482. The first kappa shape index (κ1) is 10.9. The Hall–Kier alpha value is -0.610. The quantitative estimate of drug-likeness (QED) is 0.895. The zero-order valence-corrected chi connectivity index (χ0v) is 10.0. The molecule has 0 spiro atoms. The maximum Gasteiger partial charge on any atom is 0.125 e. The number of thiazole rings is 1. The van der Waals surface area contributed by atoms with Crippen LogP contribution in [0.4, 0.5) is 0 Å². The first-order valence-corrected chi connectivity index (χ1v) is 5.88. The molecule has 2 nitrogen and oxygen atoms in total. The average Bonchev–Trinajstić information content (AvgIpc) is 2.66. The van der Waals surface area contributed by atoms with Crippen molar-refractivity contribution in [2.75, 3.05) is 0 Å². The normalized spacial score (nSPS) is 10.6. The van der Waals surface area contributed by atoms with Crippen molar-refractivity contribution in [1.29, 1.82) is 0 Å². The highest BCUT2D eigenvalue weighted by atomic mass is 35.5. The molecule has 1 heterocycles. The van der Waals surface area contributed by atoms with Crippen LogP contribution in [0.2, 0.25) is 10.0 Å². The fourth-order valence-electron chi connectivity index (χ4n) is 1.19. The first-order chi connectivity index (χ1) is 7.20. The fraction of sp³-hybridized carbons (Fsp3) is 0.100. The molecule has 1 aromatic heterocycles. The van der Waals surface area contributed by atoms with Crippen LogP contribution in [0, 0.1) is 0 Å². The summed E-state index contributed by atoms with van der Waals surface area (Å²) < 4.78 is 0. The van der Waals surface area contributed by atoms with Gasteiger partial charge in [0.2, 0.25) is 0 Å². The summed E-state index contributed by atoms with van der Waals surface area (Å²) in [5.74, 6) is 0. The molecule has 0 saturated carbocycles. The minimum Gasteiger partial charge on any atom is -0.326 e. The van der Waals surface area contributed by atoms with Gasteiger partial charge in [0, 0.05) is 28.2 Å². The van der Waals surface area contributed by atoms with E-state index in [0.717, 1.165) is 15.4 Å². The molecule has 2 N–H and O–H groups in total. The van der Waals surface area contributed by atoms with Gasteiger partial charge in [-0.2, -0.15) is 0 Å². The number of hydrogen-bond acceptors (Lipinski definition) is 3. The number of halogens is 2. The molecule has 0 saturated heterocycles. The number of aromatic nitrogens is 1. The molecule has 0 aliphatic rings. The lowest BCUT2D eigenvalue weighted by Gasteiger charge is -1.99. The van der Waals surface area contributed by atoms with E-state index in [4.69, 9.17) is 28.9 Å². The van der Waals surface area contributed by atoms with Gasteiger partial charge in [-0.1, -0.05) is 23.2 Å². The van der Waals surface area contributed by atoms with Gasteiger partial charge in [-0.3, -0.25) is 0 Å². The minimum absolute atomic E-state index is 0.503. The second kappa shape index (κ2) is 4.49. The predicted octanol–water partition coefficient (Wildman–Crippen LogP) is 3.58. The molecular weight excluding hydrogens is 251 g/mol. The second-order valence-electron chi connectivity index (χ2n) is 2.96. The Kier molecular flexibility index (Phi) is 3.26. The Morgan fingerprint density at radius 2 is 2.13 bits per heavy atom. The Balaban J connectivity index is 2.44. The molecule has 0 radical (unpaired) electrons. The van der Waals surface area contributed by atoms with Crippen LogP contribution in [-0.2, 0) is 6.54 Å². The minimum atomic E-state index is 0.503. The summed E-state index contributed by atoms with van der Waals surface area (Å²) in [7, 11) is 0. The fourth-order valence-corrected chi connectivity index (χ4v) is 2.57. The van der Waals surface area contributed by atoms with Crippen LogP contribution < -0.4 is 5.73 Å². The Morgan fingerprint density at radius 1 is 1.33 bits per heavy atom. The van der Waals surface area contributed by atoms with Gasteiger partial charge in [0.15, 0.2) is 0 Å². The lowest BCUT2D eigenvalue weighted by atomic mass is 10.2. The molecule has 0 aliphatic heterocycles. The van der Waals surface area contributed by atoms with Crippen molar-refractivity contribution in [2.45, 2.75) is 6.54 Å². The highest BCUT2D eigenvalue weighted by Gasteiger charge is 2.08. The predicted molar refractivity (Wildman–Crippen MR) is 65.5 cm³/mol. The highest BCUT2D eigenvalue weighted by molar-refractivity contribution is 7.15. The third-order valence-corrected chi connectivity index (χ3v) is 3.52. The van der Waals surface area contributed by atoms with E-state index >= 15 is 0 Å². The zero-order valence-electron chi connectivity index (χ0n) is 7.71. The Morgan fingerprint density at radius 3 is 2.73 bits per heavy atom. The Labute approximate surface area is 102 Å². The monoisotopic (exact) mass is 258 g/mol. The summed E-state index contributed by atoms with van der Waals surface area (Å²) in [6.07, 6.45) is 1.77. The van der Waals surface area contributed by atoms with Gasteiger partial charge in [-0.15, -0.1) is 11.3 Å². The first-order valence-electron chi connectivity index (χ1n) is 4.31. The van der Waals surface area contributed by atoms with Crippen molar-refractivity contribution in [1.82, 2.24) is 4.98 Å². The van der Waals surface area contributed by atoms with Crippen LogP contribution in [0.3, 0.4) is 0 Å². The molecule has 0 unspecified atom stereocenters. The van der Waals surface area contributed by atoms with Crippen molar-refractivity contribution in [2.24, 2.45) is 5.73 Å². The number of benzene rings is 1. The summed E-state index contributed by atoms with van der Waals surface area (Å²) in [6.45, 7) is 0.503. The van der Waals surface area contributed by atoms with E-state index in [1.165, 1.54) is 0 Å². The number of nitrogens with zero attached hydrogens (tertiary/aromatic N) is 1. The maximum absolute atomic E-state index is 6.07. The SMILES string of the molecule is NCc1cnc(-c2ccc(Cl)cc2Cl)s1. The van der Waals surface area contributed by atoms with Gasteiger partial charge in [-0.25, -0.2) is 4.98 Å². The molecule has 5 heteroatoms. The summed E-state index contributed by atoms with van der Waals surface area (Å²) in [4.78, 5) is 5.30. The summed E-state index contributed by atoms with van der Waals surface area (Å²) in [5, 5.41) is 2.11. The third-order valence-electron chi connectivity index (χ3n) is 1.92. The molecular formula is C10H8Cl2N2S. The van der Waals surface area contributed by atoms with Crippen LogP contribution in [0.1, 0.15) is 4.88 Å². The van der Waals surface area contributed by atoms with Gasteiger partial charge < -0.3 is 5.73 Å². The van der Waals surface area contributed by atoms with Crippen LogP contribution in [-0.4, -0.2) is 4.98 Å². The number of nitrogens with two attached hydrogens (primary N) is 1. The van der Waals surface area contributed by atoms with E-state index in [9.17, 15) is 0 Å². The van der Waals surface area contributed by atoms with Crippen LogP contribution in [0.25, 0.3) is 10.6 Å². The molecule has 78 valence electrons. The average molecular weight is 259 g/mol. The van der Waals surface area contributed by atoms with Gasteiger partial charge >= 0.3 is 0 Å². The van der Waals surface area contributed by atoms with E-state index in [1.54, 1.807) is 29.7 Å². The molecule has 1 aromatic carbocycles. The van der Waals surface area contributed by atoms with Gasteiger partial charge in [0.25, 0.3) is 0 Å². The smallest absolute Gasteiger partial charge is 0.125 e. The molecule has 15 heavy (non-hydrogen) atoms. The van der Waals surface area contributed by atoms with Crippen molar-refractivity contribution >= 4 is 34.5 Å².